The van der Waals surface area contributed by atoms with E-state index in [0.29, 0.717) is 0 Å². The number of rotatable bonds is 4. The molecule has 0 aliphatic carbocycles. The average Bonchev–Trinajstić information content (AvgIpc) is 3.08. The number of nitrogens with zero attached hydrogens (tertiary/aromatic N) is 3. The molecule has 0 N–H and O–H groups in total. The zero-order valence-electron chi connectivity index (χ0n) is 10.7. The molecule has 1 aliphatic heterocycles. The highest BCUT2D eigenvalue weighted by Crippen LogP contribution is 2.31. The van der Waals surface area contributed by atoms with Crippen LogP contribution in [0.25, 0.3) is 5.57 Å². The van der Waals surface area contributed by atoms with Gasteiger partial charge in [0.25, 0.3) is 0 Å². The van der Waals surface area contributed by atoms with Gasteiger partial charge in [0, 0.05) is 23.7 Å². The topological polar surface area (TPSA) is 29.0 Å². The van der Waals surface area contributed by atoms with Gasteiger partial charge in [0.1, 0.15) is 10.7 Å². The van der Waals surface area contributed by atoms with Gasteiger partial charge in [0.15, 0.2) is 0 Å². The minimum atomic E-state index is 0.984. The van der Waals surface area contributed by atoms with E-state index < -0.39 is 0 Å². The Morgan fingerprint density at radius 2 is 2.37 bits per heavy atom. The van der Waals surface area contributed by atoms with Crippen LogP contribution in [0.3, 0.4) is 0 Å². The Morgan fingerprint density at radius 1 is 1.42 bits per heavy atom. The van der Waals surface area contributed by atoms with Crippen molar-refractivity contribution in [2.75, 3.05) is 20.1 Å². The van der Waals surface area contributed by atoms with Gasteiger partial charge in [-0.15, -0.1) is 11.3 Å². The van der Waals surface area contributed by atoms with Crippen LogP contribution in [0.2, 0.25) is 0 Å². The van der Waals surface area contributed by atoms with Gasteiger partial charge < -0.3 is 4.90 Å². The summed E-state index contributed by atoms with van der Waals surface area (Å²) in [5, 5.41) is 3.20. The first kappa shape index (κ1) is 13.3. The molecule has 0 saturated heterocycles. The maximum absolute atomic E-state index is 4.49. The third-order valence-corrected chi connectivity index (χ3v) is 5.75. The van der Waals surface area contributed by atoms with Gasteiger partial charge in [-0.1, -0.05) is 23.9 Å². The van der Waals surface area contributed by atoms with Crippen LogP contribution in [-0.2, 0) is 5.75 Å². The molecule has 3 rings (SSSR count). The summed E-state index contributed by atoms with van der Waals surface area (Å²) in [5.74, 6) is 0.985. The van der Waals surface area contributed by atoms with Crippen molar-refractivity contribution in [2.45, 2.75) is 17.2 Å². The van der Waals surface area contributed by atoms with Crippen molar-refractivity contribution >= 4 is 40.4 Å². The Bertz CT molecular complexity index is 559. The maximum atomic E-state index is 4.49. The van der Waals surface area contributed by atoms with E-state index in [-0.39, 0.29) is 0 Å². The maximum Gasteiger partial charge on any atom is 0.138 e. The van der Waals surface area contributed by atoms with Gasteiger partial charge in [0.2, 0.25) is 0 Å². The van der Waals surface area contributed by atoms with E-state index >= 15 is 0 Å². The van der Waals surface area contributed by atoms with Crippen LogP contribution in [0.5, 0.6) is 0 Å². The largest absolute Gasteiger partial charge is 0.302 e. The number of aromatic nitrogens is 2. The summed E-state index contributed by atoms with van der Waals surface area (Å²) in [6.45, 7) is 2.12. The molecule has 6 heteroatoms. The second-order valence-electron chi connectivity index (χ2n) is 4.54. The normalized spacial score (nSPS) is 16.6. The molecule has 3 heterocycles. The second-order valence-corrected chi connectivity index (χ2v) is 7.07. The smallest absolute Gasteiger partial charge is 0.138 e. The molecule has 0 spiro atoms. The fraction of sp³-hybridized carbons (Fsp3) is 0.385. The van der Waals surface area contributed by atoms with Crippen LogP contribution < -0.4 is 0 Å². The Hall–Kier alpha value is -0.690. The van der Waals surface area contributed by atoms with E-state index in [4.69, 9.17) is 0 Å². The van der Waals surface area contributed by atoms with Gasteiger partial charge in [-0.3, -0.25) is 0 Å². The Balaban J connectivity index is 1.73. The molecule has 0 bridgehead atoms. The molecule has 0 aromatic carbocycles. The van der Waals surface area contributed by atoms with Crippen molar-refractivity contribution in [3.63, 3.8) is 0 Å². The van der Waals surface area contributed by atoms with Crippen LogP contribution in [0.15, 0.2) is 28.6 Å². The summed E-state index contributed by atoms with van der Waals surface area (Å²) >= 11 is 4.91. The Labute approximate surface area is 125 Å². The fourth-order valence-electron chi connectivity index (χ4n) is 2.07. The molecule has 0 unspecified atom stereocenters. The summed E-state index contributed by atoms with van der Waals surface area (Å²) in [7, 11) is 2.16. The predicted molar refractivity (Wildman–Crippen MR) is 83.9 cm³/mol. The van der Waals surface area contributed by atoms with E-state index in [0.717, 1.165) is 36.0 Å². The number of thioether (sulfide) groups is 1. The second kappa shape index (κ2) is 6.17. The molecule has 0 radical (unpaired) electrons. The average molecular weight is 309 g/mol. The molecule has 0 atom stereocenters. The lowest BCUT2D eigenvalue weighted by Crippen LogP contribution is -2.25. The minimum absolute atomic E-state index is 0.984. The first-order valence-corrected chi connectivity index (χ1v) is 8.78. The van der Waals surface area contributed by atoms with E-state index in [1.165, 1.54) is 22.2 Å². The standard InChI is InChI=1S/C13H15N3S3/c1-16-6-2-4-10(8-16)12-13(15-19-14-12)18-9-11-5-3-7-17-11/h3-5,7H,2,6,8-9H2,1H3. The number of hydrogen-bond acceptors (Lipinski definition) is 6. The first-order chi connectivity index (χ1) is 9.33. The lowest BCUT2D eigenvalue weighted by molar-refractivity contribution is 0.372. The van der Waals surface area contributed by atoms with Gasteiger partial charge in [-0.25, -0.2) is 0 Å². The van der Waals surface area contributed by atoms with Crippen molar-refractivity contribution in [3.05, 3.63) is 34.2 Å². The highest BCUT2D eigenvalue weighted by molar-refractivity contribution is 7.98. The van der Waals surface area contributed by atoms with Crippen molar-refractivity contribution in [1.82, 2.24) is 13.6 Å². The van der Waals surface area contributed by atoms with Gasteiger partial charge >= 0.3 is 0 Å². The first-order valence-electron chi connectivity index (χ1n) is 6.18. The van der Waals surface area contributed by atoms with Crippen molar-refractivity contribution < 1.29 is 0 Å². The zero-order valence-corrected chi connectivity index (χ0v) is 13.2. The lowest BCUT2D eigenvalue weighted by Gasteiger charge is -2.22. The zero-order chi connectivity index (χ0) is 13.1. The molecule has 2 aromatic heterocycles. The Kier molecular flexibility index (Phi) is 4.32. The van der Waals surface area contributed by atoms with E-state index in [9.17, 15) is 0 Å². The highest BCUT2D eigenvalue weighted by atomic mass is 32.2. The number of likely N-dealkylation sites (N-methyl/N-ethyl adjacent to an activating group) is 1. The SMILES string of the molecule is CN1CCC=C(c2nsnc2SCc2cccs2)C1. The van der Waals surface area contributed by atoms with Gasteiger partial charge in [0.05, 0.1) is 11.7 Å². The Morgan fingerprint density at radius 3 is 3.16 bits per heavy atom. The number of thiophene rings is 1. The molecular weight excluding hydrogens is 294 g/mol. The quantitative estimate of drug-likeness (QED) is 0.807. The third-order valence-electron chi connectivity index (χ3n) is 3.04. The van der Waals surface area contributed by atoms with E-state index in [1.807, 2.05) is 0 Å². The molecule has 1 aliphatic rings. The van der Waals surface area contributed by atoms with Crippen LogP contribution in [0.4, 0.5) is 0 Å². The molecular formula is C13H15N3S3. The summed E-state index contributed by atoms with van der Waals surface area (Å²) in [5.41, 5.74) is 2.43. The molecule has 0 amide bonds. The molecule has 100 valence electrons. The van der Waals surface area contributed by atoms with E-state index in [2.05, 4.69) is 44.3 Å². The third kappa shape index (κ3) is 3.25. The van der Waals surface area contributed by atoms with Crippen LogP contribution in [0, 0.1) is 0 Å². The molecule has 2 aromatic rings. The van der Waals surface area contributed by atoms with Crippen LogP contribution in [-0.4, -0.2) is 33.8 Å². The fourth-order valence-corrected chi connectivity index (χ4v) is 4.55. The van der Waals surface area contributed by atoms with Gasteiger partial charge in [-0.05, 0) is 30.5 Å². The monoisotopic (exact) mass is 309 g/mol. The summed E-state index contributed by atoms with van der Waals surface area (Å²) in [4.78, 5) is 3.72. The molecule has 19 heavy (non-hydrogen) atoms. The molecule has 0 saturated carbocycles. The van der Waals surface area contributed by atoms with Crippen molar-refractivity contribution in [3.8, 4) is 0 Å². The van der Waals surface area contributed by atoms with Crippen LogP contribution >= 0.6 is 34.8 Å². The minimum Gasteiger partial charge on any atom is -0.302 e. The predicted octanol–water partition coefficient (Wildman–Crippen LogP) is 3.61. The van der Waals surface area contributed by atoms with E-state index in [1.54, 1.807) is 23.1 Å². The highest BCUT2D eigenvalue weighted by Gasteiger charge is 2.17. The molecule has 0 fully saturated rings. The lowest BCUT2D eigenvalue weighted by atomic mass is 10.1. The summed E-state index contributed by atoms with van der Waals surface area (Å²) in [6, 6.07) is 4.27. The van der Waals surface area contributed by atoms with Crippen molar-refractivity contribution in [2.24, 2.45) is 0 Å². The summed E-state index contributed by atoms with van der Waals surface area (Å²) in [6.07, 6.45) is 3.42. The summed E-state index contributed by atoms with van der Waals surface area (Å²) < 4.78 is 8.95. The number of hydrogen-bond donors (Lipinski definition) is 0. The van der Waals surface area contributed by atoms with Crippen molar-refractivity contribution in [1.29, 1.82) is 0 Å². The van der Waals surface area contributed by atoms with Gasteiger partial charge in [-0.2, -0.15) is 8.75 Å². The van der Waals surface area contributed by atoms with Crippen LogP contribution in [0.1, 0.15) is 17.0 Å². The molecule has 3 nitrogen and oxygen atoms in total.